The van der Waals surface area contributed by atoms with Gasteiger partial charge in [-0.3, -0.25) is 0 Å². The summed E-state index contributed by atoms with van der Waals surface area (Å²) >= 11 is 6.96. The minimum atomic E-state index is -0.271. The van der Waals surface area contributed by atoms with Gasteiger partial charge in [0.1, 0.15) is 28.2 Å². The van der Waals surface area contributed by atoms with Crippen LogP contribution >= 0.6 is 23.1 Å². The van der Waals surface area contributed by atoms with Crippen molar-refractivity contribution in [2.75, 3.05) is 0 Å². The predicted octanol–water partition coefficient (Wildman–Crippen LogP) is 4.21. The Morgan fingerprint density at radius 3 is 2.63 bits per heavy atom. The van der Waals surface area contributed by atoms with Crippen molar-refractivity contribution in [2.24, 2.45) is 0 Å². The molecule has 0 aliphatic rings. The van der Waals surface area contributed by atoms with E-state index < -0.39 is 0 Å². The van der Waals surface area contributed by atoms with Crippen LogP contribution in [0, 0.1) is 5.82 Å². The van der Waals surface area contributed by atoms with E-state index in [1.54, 1.807) is 12.1 Å². The summed E-state index contributed by atoms with van der Waals surface area (Å²) in [6.07, 6.45) is 0. The number of benzene rings is 1. The van der Waals surface area contributed by atoms with E-state index in [1.165, 1.54) is 6.07 Å². The molecule has 1 aromatic heterocycles. The summed E-state index contributed by atoms with van der Waals surface area (Å²) < 4.78 is 23.6. The smallest absolute Gasteiger partial charge is 0.141 e. The number of nitrogens with zero attached hydrogens (tertiary/aromatic N) is 2. The molecule has 1 aromatic carbocycles. The molecule has 0 bridgehead atoms. The SMILES string of the molecule is CC(C)(C)c1ccc(OCc2nnsc2Cl)cc1F. The van der Waals surface area contributed by atoms with Crippen molar-refractivity contribution in [3.05, 3.63) is 39.6 Å². The van der Waals surface area contributed by atoms with Gasteiger partial charge in [-0.15, -0.1) is 5.10 Å². The molecule has 1 heterocycles. The van der Waals surface area contributed by atoms with Crippen LogP contribution < -0.4 is 4.74 Å². The lowest BCUT2D eigenvalue weighted by Crippen LogP contribution is -2.13. The van der Waals surface area contributed by atoms with Crippen LogP contribution in [0.15, 0.2) is 18.2 Å². The highest BCUT2D eigenvalue weighted by Crippen LogP contribution is 2.28. The van der Waals surface area contributed by atoms with Crippen LogP contribution in [0.25, 0.3) is 0 Å². The molecule has 19 heavy (non-hydrogen) atoms. The summed E-state index contributed by atoms with van der Waals surface area (Å²) in [6, 6.07) is 4.87. The van der Waals surface area contributed by atoms with Gasteiger partial charge in [-0.25, -0.2) is 4.39 Å². The van der Waals surface area contributed by atoms with E-state index in [1.807, 2.05) is 20.8 Å². The molecule has 0 fully saturated rings. The maximum absolute atomic E-state index is 14.0. The van der Waals surface area contributed by atoms with Crippen LogP contribution in [0.2, 0.25) is 4.34 Å². The van der Waals surface area contributed by atoms with E-state index in [2.05, 4.69) is 9.59 Å². The first kappa shape index (κ1) is 14.2. The largest absolute Gasteiger partial charge is 0.487 e. The van der Waals surface area contributed by atoms with Gasteiger partial charge < -0.3 is 4.74 Å². The highest BCUT2D eigenvalue weighted by atomic mass is 35.5. The van der Waals surface area contributed by atoms with Gasteiger partial charge in [0.2, 0.25) is 0 Å². The fraction of sp³-hybridized carbons (Fsp3) is 0.385. The Kier molecular flexibility index (Phi) is 4.06. The lowest BCUT2D eigenvalue weighted by Gasteiger charge is -2.20. The minimum absolute atomic E-state index is 0.184. The Balaban J connectivity index is 2.11. The van der Waals surface area contributed by atoms with E-state index in [4.69, 9.17) is 16.3 Å². The van der Waals surface area contributed by atoms with E-state index in [0.717, 1.165) is 11.5 Å². The lowest BCUT2D eigenvalue weighted by molar-refractivity contribution is 0.299. The number of hydrogen-bond acceptors (Lipinski definition) is 4. The Morgan fingerprint density at radius 2 is 2.11 bits per heavy atom. The third kappa shape index (κ3) is 3.42. The van der Waals surface area contributed by atoms with Crippen LogP contribution in [-0.2, 0) is 12.0 Å². The maximum atomic E-state index is 14.0. The third-order valence-corrected chi connectivity index (χ3v) is 3.62. The molecule has 0 unspecified atom stereocenters. The zero-order valence-electron chi connectivity index (χ0n) is 10.9. The third-order valence-electron chi connectivity index (χ3n) is 2.63. The number of hydrogen-bond donors (Lipinski definition) is 0. The Labute approximate surface area is 120 Å². The van der Waals surface area contributed by atoms with Gasteiger partial charge in [0.15, 0.2) is 0 Å². The van der Waals surface area contributed by atoms with Gasteiger partial charge in [0, 0.05) is 17.6 Å². The monoisotopic (exact) mass is 300 g/mol. The first-order valence-electron chi connectivity index (χ1n) is 5.77. The highest BCUT2D eigenvalue weighted by Gasteiger charge is 2.18. The van der Waals surface area contributed by atoms with Gasteiger partial charge >= 0.3 is 0 Å². The van der Waals surface area contributed by atoms with Gasteiger partial charge in [-0.2, -0.15) is 0 Å². The van der Waals surface area contributed by atoms with E-state index in [9.17, 15) is 4.39 Å². The average Bonchev–Trinajstić information content (AvgIpc) is 2.70. The second kappa shape index (κ2) is 5.43. The van der Waals surface area contributed by atoms with Gasteiger partial charge in [-0.05, 0) is 17.0 Å². The normalized spacial score (nSPS) is 11.6. The molecule has 0 aliphatic heterocycles. The molecular formula is C13H14ClFN2OS. The van der Waals surface area contributed by atoms with Crippen molar-refractivity contribution in [1.29, 1.82) is 0 Å². The summed E-state index contributed by atoms with van der Waals surface area (Å²) in [5.41, 5.74) is 0.991. The van der Waals surface area contributed by atoms with Crippen molar-refractivity contribution >= 4 is 23.1 Å². The van der Waals surface area contributed by atoms with Gasteiger partial charge in [0.05, 0.1) is 0 Å². The summed E-state index contributed by atoms with van der Waals surface area (Å²) in [4.78, 5) is 0. The average molecular weight is 301 g/mol. The molecule has 6 heteroatoms. The Morgan fingerprint density at radius 1 is 1.37 bits per heavy atom. The van der Waals surface area contributed by atoms with Crippen LogP contribution in [0.4, 0.5) is 4.39 Å². The van der Waals surface area contributed by atoms with Crippen molar-refractivity contribution in [3.8, 4) is 5.75 Å². The molecule has 2 rings (SSSR count). The van der Waals surface area contributed by atoms with E-state index in [0.29, 0.717) is 21.3 Å². The fourth-order valence-corrected chi connectivity index (χ4v) is 2.23. The number of ether oxygens (including phenoxy) is 1. The Hall–Kier alpha value is -1.20. The summed E-state index contributed by atoms with van der Waals surface area (Å²) in [5, 5.41) is 3.83. The van der Waals surface area contributed by atoms with Gasteiger partial charge in [-0.1, -0.05) is 42.9 Å². The number of rotatable bonds is 3. The predicted molar refractivity (Wildman–Crippen MR) is 74.4 cm³/mol. The van der Waals surface area contributed by atoms with Crippen molar-refractivity contribution in [3.63, 3.8) is 0 Å². The Bertz CT molecular complexity index is 580. The van der Waals surface area contributed by atoms with Crippen molar-refractivity contribution in [1.82, 2.24) is 9.59 Å². The molecule has 0 spiro atoms. The second-order valence-electron chi connectivity index (χ2n) is 5.17. The molecule has 0 radical (unpaired) electrons. The molecule has 0 saturated carbocycles. The molecule has 102 valence electrons. The lowest BCUT2D eigenvalue weighted by atomic mass is 9.87. The minimum Gasteiger partial charge on any atom is -0.487 e. The van der Waals surface area contributed by atoms with Crippen LogP contribution in [0.1, 0.15) is 32.0 Å². The molecule has 3 nitrogen and oxygen atoms in total. The quantitative estimate of drug-likeness (QED) is 0.852. The zero-order chi connectivity index (χ0) is 14.0. The maximum Gasteiger partial charge on any atom is 0.141 e. The second-order valence-corrected chi connectivity index (χ2v) is 6.53. The highest BCUT2D eigenvalue weighted by molar-refractivity contribution is 7.10. The summed E-state index contributed by atoms with van der Waals surface area (Å²) in [7, 11) is 0. The molecule has 0 saturated heterocycles. The molecular weight excluding hydrogens is 287 g/mol. The van der Waals surface area contributed by atoms with Crippen molar-refractivity contribution < 1.29 is 9.13 Å². The van der Waals surface area contributed by atoms with Crippen LogP contribution in [0.3, 0.4) is 0 Å². The van der Waals surface area contributed by atoms with E-state index in [-0.39, 0.29) is 17.8 Å². The molecule has 0 atom stereocenters. The topological polar surface area (TPSA) is 35.0 Å². The molecule has 0 aliphatic carbocycles. The molecule has 0 amide bonds. The number of halogens is 2. The van der Waals surface area contributed by atoms with Crippen molar-refractivity contribution in [2.45, 2.75) is 32.8 Å². The standard InChI is InChI=1S/C13H14ClFN2OS/c1-13(2,3)9-5-4-8(6-10(9)15)18-7-11-12(14)19-17-16-11/h4-6H,7H2,1-3H3. The first-order valence-corrected chi connectivity index (χ1v) is 6.92. The summed E-state index contributed by atoms with van der Waals surface area (Å²) in [5.74, 6) is 0.182. The number of aromatic nitrogens is 2. The zero-order valence-corrected chi connectivity index (χ0v) is 12.5. The molecule has 2 aromatic rings. The summed E-state index contributed by atoms with van der Waals surface area (Å²) in [6.45, 7) is 6.08. The fourth-order valence-electron chi connectivity index (χ4n) is 1.63. The van der Waals surface area contributed by atoms with E-state index >= 15 is 0 Å². The first-order chi connectivity index (χ1) is 8.88. The molecule has 0 N–H and O–H groups in total. The van der Waals surface area contributed by atoms with Crippen LogP contribution in [0.5, 0.6) is 5.75 Å². The van der Waals surface area contributed by atoms with Crippen LogP contribution in [-0.4, -0.2) is 9.59 Å². The van der Waals surface area contributed by atoms with Gasteiger partial charge in [0.25, 0.3) is 0 Å².